The van der Waals surface area contributed by atoms with Crippen molar-refractivity contribution in [3.63, 3.8) is 0 Å². The van der Waals surface area contributed by atoms with Crippen LogP contribution >= 0.6 is 35.7 Å². The van der Waals surface area contributed by atoms with E-state index in [1.807, 2.05) is 19.3 Å². The van der Waals surface area contributed by atoms with E-state index in [4.69, 9.17) is 0 Å². The second kappa shape index (κ2) is 8.89. The van der Waals surface area contributed by atoms with E-state index in [1.54, 1.807) is 0 Å². The maximum Gasteiger partial charge on any atom is 0.191 e. The molecule has 6 heteroatoms. The Kier molecular flexibility index (Phi) is 7.16. The summed E-state index contributed by atoms with van der Waals surface area (Å²) >= 11 is 2.06. The molecule has 2 aromatic rings. The first kappa shape index (κ1) is 19.3. The lowest BCUT2D eigenvalue weighted by Crippen LogP contribution is -2.43. The molecular weight excluding hydrogens is 431 g/mol. The van der Waals surface area contributed by atoms with E-state index in [9.17, 15) is 0 Å². The third-order valence-corrected chi connectivity index (χ3v) is 5.87. The maximum atomic E-state index is 4.51. The van der Waals surface area contributed by atoms with Crippen LogP contribution in [-0.2, 0) is 6.54 Å². The minimum Gasteiger partial charge on any atom is -0.355 e. The number of hydrogen-bond donors (Lipinski definition) is 2. The molecule has 2 heterocycles. The van der Waals surface area contributed by atoms with Gasteiger partial charge in [0.15, 0.2) is 5.96 Å². The Hall–Kier alpha value is -1.02. The smallest absolute Gasteiger partial charge is 0.191 e. The summed E-state index contributed by atoms with van der Waals surface area (Å²) in [5.74, 6) is 2.11. The molecule has 1 atom stereocenters. The minimum absolute atomic E-state index is 0. The zero-order chi connectivity index (χ0) is 16.1. The molecule has 1 fully saturated rings. The Morgan fingerprint density at radius 1 is 1.29 bits per heavy atom. The van der Waals surface area contributed by atoms with Gasteiger partial charge >= 0.3 is 0 Å². The molecule has 0 aliphatic carbocycles. The first-order chi connectivity index (χ1) is 11.2. The largest absolute Gasteiger partial charge is 0.355 e. The molecule has 0 bridgehead atoms. The van der Waals surface area contributed by atoms with Crippen molar-refractivity contribution in [3.05, 3.63) is 42.2 Å². The van der Waals surface area contributed by atoms with Crippen molar-refractivity contribution in [1.29, 1.82) is 0 Å². The van der Waals surface area contributed by atoms with Gasteiger partial charge in [-0.05, 0) is 37.0 Å². The van der Waals surface area contributed by atoms with Crippen LogP contribution < -0.4 is 10.6 Å². The molecule has 1 aliphatic rings. The molecule has 0 saturated carbocycles. The minimum atomic E-state index is 0. The quantitative estimate of drug-likeness (QED) is 0.418. The number of pyridine rings is 1. The molecular formula is C18H25IN4S. The SMILES string of the molecule is CN=C(NCc1nccc2ccccc12)NCC1(C)CCCS1.I. The van der Waals surface area contributed by atoms with Gasteiger partial charge in [-0.3, -0.25) is 9.98 Å². The highest BCUT2D eigenvalue weighted by molar-refractivity contribution is 14.0. The summed E-state index contributed by atoms with van der Waals surface area (Å²) in [6, 6.07) is 10.4. The van der Waals surface area contributed by atoms with Crippen LogP contribution in [0.25, 0.3) is 10.8 Å². The van der Waals surface area contributed by atoms with Crippen LogP contribution in [-0.4, -0.2) is 35.0 Å². The van der Waals surface area contributed by atoms with Gasteiger partial charge in [-0.25, -0.2) is 0 Å². The second-order valence-corrected chi connectivity index (χ2v) is 7.84. The van der Waals surface area contributed by atoms with Gasteiger partial charge in [0.2, 0.25) is 0 Å². The van der Waals surface area contributed by atoms with Gasteiger partial charge in [0.25, 0.3) is 0 Å². The number of nitrogens with one attached hydrogen (secondary N) is 2. The zero-order valence-electron chi connectivity index (χ0n) is 14.2. The highest BCUT2D eigenvalue weighted by Crippen LogP contribution is 2.36. The number of hydrogen-bond acceptors (Lipinski definition) is 3. The number of nitrogens with zero attached hydrogens (tertiary/aromatic N) is 2. The summed E-state index contributed by atoms with van der Waals surface area (Å²) in [7, 11) is 1.82. The van der Waals surface area contributed by atoms with Crippen LogP contribution in [0.5, 0.6) is 0 Å². The normalized spacial score (nSPS) is 20.7. The lowest BCUT2D eigenvalue weighted by atomic mass is 10.1. The summed E-state index contributed by atoms with van der Waals surface area (Å²) in [4.78, 5) is 8.85. The van der Waals surface area contributed by atoms with Crippen molar-refractivity contribution in [2.24, 2.45) is 4.99 Å². The average molecular weight is 456 g/mol. The van der Waals surface area contributed by atoms with Crippen LogP contribution in [0.4, 0.5) is 0 Å². The summed E-state index contributed by atoms with van der Waals surface area (Å²) < 4.78 is 0.329. The molecule has 4 nitrogen and oxygen atoms in total. The van der Waals surface area contributed by atoms with Crippen LogP contribution in [0, 0.1) is 0 Å². The highest BCUT2D eigenvalue weighted by Gasteiger charge is 2.29. The Morgan fingerprint density at radius 2 is 2.12 bits per heavy atom. The number of fused-ring (bicyclic) bond motifs is 1. The Labute approximate surface area is 165 Å². The number of rotatable bonds is 4. The molecule has 0 amide bonds. The number of aliphatic imine (C=N–C) groups is 1. The standard InChI is InChI=1S/C18H24N4S.HI/c1-18(9-5-11-23-18)13-22-17(19-2)21-12-16-15-7-4-3-6-14(15)8-10-20-16;/h3-4,6-8,10H,5,9,11-13H2,1-2H3,(H2,19,21,22);1H. The zero-order valence-corrected chi connectivity index (χ0v) is 17.4. The topological polar surface area (TPSA) is 49.3 Å². The third-order valence-electron chi connectivity index (χ3n) is 4.33. The van der Waals surface area contributed by atoms with Gasteiger partial charge in [0, 0.05) is 29.9 Å². The molecule has 0 spiro atoms. The fourth-order valence-corrected chi connectivity index (χ4v) is 4.20. The van der Waals surface area contributed by atoms with Gasteiger partial charge in [-0.1, -0.05) is 24.3 Å². The Bertz CT molecular complexity index is 693. The van der Waals surface area contributed by atoms with Crippen molar-refractivity contribution in [1.82, 2.24) is 15.6 Å². The van der Waals surface area contributed by atoms with Gasteiger partial charge in [0.1, 0.15) is 0 Å². The highest BCUT2D eigenvalue weighted by atomic mass is 127. The number of thioether (sulfide) groups is 1. The van der Waals surface area contributed by atoms with E-state index in [2.05, 4.69) is 63.6 Å². The van der Waals surface area contributed by atoms with Crippen LogP contribution in [0.15, 0.2) is 41.5 Å². The second-order valence-electron chi connectivity index (χ2n) is 6.16. The number of benzene rings is 1. The monoisotopic (exact) mass is 456 g/mol. The van der Waals surface area contributed by atoms with E-state index in [0.717, 1.165) is 18.2 Å². The average Bonchev–Trinajstić information content (AvgIpc) is 3.02. The van der Waals surface area contributed by atoms with Gasteiger partial charge in [-0.15, -0.1) is 24.0 Å². The summed E-state index contributed by atoms with van der Waals surface area (Å²) in [6.07, 6.45) is 4.45. The van der Waals surface area contributed by atoms with E-state index in [0.29, 0.717) is 11.3 Å². The van der Waals surface area contributed by atoms with Crippen LogP contribution in [0.1, 0.15) is 25.5 Å². The summed E-state index contributed by atoms with van der Waals surface area (Å²) in [5, 5.41) is 9.26. The molecule has 1 aliphatic heterocycles. The van der Waals surface area contributed by atoms with Crippen molar-refractivity contribution in [2.75, 3.05) is 19.3 Å². The van der Waals surface area contributed by atoms with Crippen LogP contribution in [0.3, 0.4) is 0 Å². The maximum absolute atomic E-state index is 4.51. The Morgan fingerprint density at radius 3 is 2.88 bits per heavy atom. The van der Waals surface area contributed by atoms with E-state index in [1.165, 1.54) is 29.4 Å². The van der Waals surface area contributed by atoms with E-state index >= 15 is 0 Å². The molecule has 1 aromatic carbocycles. The molecule has 130 valence electrons. The summed E-state index contributed by atoms with van der Waals surface area (Å²) in [6.45, 7) is 3.95. The van der Waals surface area contributed by atoms with E-state index < -0.39 is 0 Å². The predicted octanol–water partition coefficient (Wildman–Crippen LogP) is 3.80. The molecule has 3 rings (SSSR count). The lowest BCUT2D eigenvalue weighted by Gasteiger charge is -2.24. The van der Waals surface area contributed by atoms with Crippen LogP contribution in [0.2, 0.25) is 0 Å². The van der Waals surface area contributed by atoms with Gasteiger partial charge < -0.3 is 10.6 Å². The Balaban J connectivity index is 0.00000208. The number of aromatic nitrogens is 1. The van der Waals surface area contributed by atoms with Crippen molar-refractivity contribution < 1.29 is 0 Å². The molecule has 24 heavy (non-hydrogen) atoms. The first-order valence-corrected chi connectivity index (χ1v) is 9.10. The number of halogens is 1. The van der Waals surface area contributed by atoms with E-state index in [-0.39, 0.29) is 24.0 Å². The molecule has 1 aromatic heterocycles. The number of guanidine groups is 1. The first-order valence-electron chi connectivity index (χ1n) is 8.11. The van der Waals surface area contributed by atoms with Crippen molar-refractivity contribution in [2.45, 2.75) is 31.1 Å². The molecule has 2 N–H and O–H groups in total. The third kappa shape index (κ3) is 4.75. The fraction of sp³-hybridized carbons (Fsp3) is 0.444. The predicted molar refractivity (Wildman–Crippen MR) is 115 cm³/mol. The van der Waals surface area contributed by atoms with Gasteiger partial charge in [0.05, 0.1) is 12.2 Å². The fourth-order valence-electron chi connectivity index (χ4n) is 2.96. The summed E-state index contributed by atoms with van der Waals surface area (Å²) in [5.41, 5.74) is 1.05. The molecule has 1 unspecified atom stereocenters. The van der Waals surface area contributed by atoms with Gasteiger partial charge in [-0.2, -0.15) is 11.8 Å². The van der Waals surface area contributed by atoms with Crippen molar-refractivity contribution >= 4 is 52.5 Å². The van der Waals surface area contributed by atoms with Crippen molar-refractivity contribution in [3.8, 4) is 0 Å². The molecule has 0 radical (unpaired) electrons. The lowest BCUT2D eigenvalue weighted by molar-refractivity contribution is 0.584. The molecule has 1 saturated heterocycles.